The fraction of sp³-hybridized carbons (Fsp3) is 0.0833. The molecule has 0 atom stereocenters. The first kappa shape index (κ1) is 12.3. The number of carboxylic acids is 1. The maximum atomic E-state index is 11.3. The maximum Gasteiger partial charge on any atom is 0.341 e. The molecule has 18 heavy (non-hydrogen) atoms. The van der Waals surface area contributed by atoms with Gasteiger partial charge in [0.25, 0.3) is 0 Å². The van der Waals surface area contributed by atoms with E-state index >= 15 is 0 Å². The van der Waals surface area contributed by atoms with Gasteiger partial charge in [0, 0.05) is 37.4 Å². The predicted octanol–water partition coefficient (Wildman–Crippen LogP) is 1.64. The van der Waals surface area contributed by atoms with Gasteiger partial charge in [-0.2, -0.15) is 0 Å². The Balaban J connectivity index is 2.36. The molecule has 2 heterocycles. The second-order valence-corrected chi connectivity index (χ2v) is 4.07. The Kier molecular flexibility index (Phi) is 3.43. The van der Waals surface area contributed by atoms with Crippen molar-refractivity contribution < 1.29 is 9.90 Å². The Morgan fingerprint density at radius 3 is 2.89 bits per heavy atom. The predicted molar refractivity (Wildman–Crippen MR) is 66.0 cm³/mol. The highest BCUT2D eigenvalue weighted by atomic mass is 35.5. The molecule has 0 saturated heterocycles. The molecule has 1 N–H and O–H groups in total. The molecule has 2 aromatic heterocycles. The first-order valence-corrected chi connectivity index (χ1v) is 5.47. The van der Waals surface area contributed by atoms with E-state index in [2.05, 4.69) is 4.98 Å². The minimum atomic E-state index is -1.24. The normalized spacial score (nSPS) is 10.3. The van der Waals surface area contributed by atoms with Gasteiger partial charge in [-0.15, -0.1) is 0 Å². The molecule has 5 nitrogen and oxygen atoms in total. The van der Waals surface area contributed by atoms with Gasteiger partial charge in [0.05, 0.1) is 5.02 Å². The summed E-state index contributed by atoms with van der Waals surface area (Å²) in [7, 11) is 0. The lowest BCUT2D eigenvalue weighted by Gasteiger charge is -2.08. The molecule has 0 aliphatic heterocycles. The SMILES string of the molecule is O=C(O)c1cn(Cc2ccncc2Cl)ccc1=O. The van der Waals surface area contributed by atoms with Gasteiger partial charge in [0.1, 0.15) is 5.56 Å². The van der Waals surface area contributed by atoms with E-state index in [1.807, 2.05) is 0 Å². The molecule has 6 heteroatoms. The van der Waals surface area contributed by atoms with Crippen LogP contribution in [0.15, 0.2) is 41.7 Å². The molecule has 2 aromatic rings. The smallest absolute Gasteiger partial charge is 0.341 e. The monoisotopic (exact) mass is 264 g/mol. The molecule has 0 unspecified atom stereocenters. The highest BCUT2D eigenvalue weighted by Crippen LogP contribution is 2.14. The van der Waals surface area contributed by atoms with Crippen molar-refractivity contribution in [3.63, 3.8) is 0 Å². The van der Waals surface area contributed by atoms with E-state index in [0.29, 0.717) is 11.6 Å². The van der Waals surface area contributed by atoms with Gasteiger partial charge in [-0.1, -0.05) is 11.6 Å². The van der Waals surface area contributed by atoms with Crippen molar-refractivity contribution in [3.05, 3.63) is 63.3 Å². The molecule has 0 amide bonds. The standard InChI is InChI=1S/C12H9ClN2O3/c13-10-5-14-3-1-8(10)6-15-4-2-11(16)9(7-15)12(17)18/h1-5,7H,6H2,(H,17,18). The third-order valence-electron chi connectivity index (χ3n) is 2.42. The van der Waals surface area contributed by atoms with Crippen LogP contribution in [0.1, 0.15) is 15.9 Å². The van der Waals surface area contributed by atoms with Crippen LogP contribution in [0.4, 0.5) is 0 Å². The molecule has 0 aliphatic carbocycles. The summed E-state index contributed by atoms with van der Waals surface area (Å²) in [5.74, 6) is -1.24. The van der Waals surface area contributed by atoms with E-state index in [1.54, 1.807) is 16.8 Å². The number of hydrogen-bond donors (Lipinski definition) is 1. The van der Waals surface area contributed by atoms with E-state index in [4.69, 9.17) is 16.7 Å². The Bertz CT molecular complexity index is 652. The third kappa shape index (κ3) is 2.57. The molecule has 0 aliphatic rings. The average Bonchev–Trinajstić information content (AvgIpc) is 2.34. The summed E-state index contributed by atoms with van der Waals surface area (Å²) < 4.78 is 1.59. The zero-order valence-corrected chi connectivity index (χ0v) is 9.96. The summed E-state index contributed by atoms with van der Waals surface area (Å²) in [4.78, 5) is 26.0. The van der Waals surface area contributed by atoms with Crippen molar-refractivity contribution in [2.75, 3.05) is 0 Å². The number of carboxylic acid groups (broad SMARTS) is 1. The average molecular weight is 265 g/mol. The van der Waals surface area contributed by atoms with Crippen LogP contribution in [0, 0.1) is 0 Å². The van der Waals surface area contributed by atoms with Crippen LogP contribution < -0.4 is 5.43 Å². The van der Waals surface area contributed by atoms with Crippen molar-refractivity contribution in [2.24, 2.45) is 0 Å². The lowest BCUT2D eigenvalue weighted by Crippen LogP contribution is -2.16. The van der Waals surface area contributed by atoms with Crippen LogP contribution in [0.25, 0.3) is 0 Å². The summed E-state index contributed by atoms with van der Waals surface area (Å²) in [5.41, 5.74) is 0.0221. The number of aromatic carboxylic acids is 1. The van der Waals surface area contributed by atoms with E-state index in [0.717, 1.165) is 5.56 Å². The zero-order valence-electron chi connectivity index (χ0n) is 9.21. The van der Waals surface area contributed by atoms with Crippen LogP contribution >= 0.6 is 11.6 Å². The summed E-state index contributed by atoms with van der Waals surface area (Å²) in [6.07, 6.45) is 5.92. The number of nitrogens with zero attached hydrogens (tertiary/aromatic N) is 2. The van der Waals surface area contributed by atoms with E-state index in [-0.39, 0.29) is 5.56 Å². The fourth-order valence-corrected chi connectivity index (χ4v) is 1.69. The van der Waals surface area contributed by atoms with E-state index < -0.39 is 11.4 Å². The number of carbonyl (C=O) groups is 1. The second kappa shape index (κ2) is 5.01. The van der Waals surface area contributed by atoms with Crippen molar-refractivity contribution in [3.8, 4) is 0 Å². The Morgan fingerprint density at radius 1 is 1.44 bits per heavy atom. The van der Waals surface area contributed by atoms with Gasteiger partial charge in [-0.25, -0.2) is 4.79 Å². The van der Waals surface area contributed by atoms with Crippen molar-refractivity contribution in [1.82, 2.24) is 9.55 Å². The van der Waals surface area contributed by atoms with E-state index in [9.17, 15) is 9.59 Å². The summed E-state index contributed by atoms with van der Waals surface area (Å²) >= 11 is 5.95. The second-order valence-electron chi connectivity index (χ2n) is 3.67. The number of hydrogen-bond acceptors (Lipinski definition) is 3. The minimum Gasteiger partial charge on any atom is -0.477 e. The molecule has 0 radical (unpaired) electrons. The van der Waals surface area contributed by atoms with Crippen LogP contribution in [0.5, 0.6) is 0 Å². The van der Waals surface area contributed by atoms with Crippen molar-refractivity contribution >= 4 is 17.6 Å². The first-order chi connectivity index (χ1) is 8.58. The zero-order chi connectivity index (χ0) is 13.1. The van der Waals surface area contributed by atoms with E-state index in [1.165, 1.54) is 24.7 Å². The van der Waals surface area contributed by atoms with Crippen LogP contribution in [-0.2, 0) is 6.54 Å². The topological polar surface area (TPSA) is 72.2 Å². The molecule has 0 aromatic carbocycles. The molecular formula is C12H9ClN2O3. The molecule has 2 rings (SSSR count). The quantitative estimate of drug-likeness (QED) is 0.915. The van der Waals surface area contributed by atoms with Crippen LogP contribution in [0.2, 0.25) is 5.02 Å². The van der Waals surface area contributed by atoms with Gasteiger partial charge in [-0.3, -0.25) is 9.78 Å². The third-order valence-corrected chi connectivity index (χ3v) is 2.76. The summed E-state index contributed by atoms with van der Waals surface area (Å²) in [6, 6.07) is 2.96. The lowest BCUT2D eigenvalue weighted by atomic mass is 10.2. The maximum absolute atomic E-state index is 11.3. The number of pyridine rings is 2. The van der Waals surface area contributed by atoms with Crippen molar-refractivity contribution in [2.45, 2.75) is 6.54 Å². The summed E-state index contributed by atoms with van der Waals surface area (Å²) in [5, 5.41) is 9.35. The van der Waals surface area contributed by atoms with Crippen LogP contribution in [-0.4, -0.2) is 20.6 Å². The number of aromatic nitrogens is 2. The highest BCUT2D eigenvalue weighted by molar-refractivity contribution is 6.31. The van der Waals surface area contributed by atoms with Crippen molar-refractivity contribution in [1.29, 1.82) is 0 Å². The van der Waals surface area contributed by atoms with Gasteiger partial charge >= 0.3 is 5.97 Å². The highest BCUT2D eigenvalue weighted by Gasteiger charge is 2.09. The summed E-state index contributed by atoms with van der Waals surface area (Å²) in [6.45, 7) is 0.377. The molecule has 0 fully saturated rings. The minimum absolute atomic E-state index is 0.261. The van der Waals surface area contributed by atoms with Gasteiger partial charge in [0.2, 0.25) is 0 Å². The molecule has 92 valence electrons. The van der Waals surface area contributed by atoms with Crippen LogP contribution in [0.3, 0.4) is 0 Å². The Morgan fingerprint density at radius 2 is 2.22 bits per heavy atom. The molecule has 0 spiro atoms. The number of rotatable bonds is 3. The molecular weight excluding hydrogens is 256 g/mol. The van der Waals surface area contributed by atoms with Gasteiger partial charge in [-0.05, 0) is 11.6 Å². The van der Waals surface area contributed by atoms with Gasteiger partial charge in [0.15, 0.2) is 5.43 Å². The largest absolute Gasteiger partial charge is 0.477 e. The molecule has 0 saturated carbocycles. The van der Waals surface area contributed by atoms with Gasteiger partial charge < -0.3 is 9.67 Å². The Labute approximate surface area is 107 Å². The fourth-order valence-electron chi connectivity index (χ4n) is 1.51. The lowest BCUT2D eigenvalue weighted by molar-refractivity contribution is 0.0694. The number of halogens is 1. The molecule has 0 bridgehead atoms. The first-order valence-electron chi connectivity index (χ1n) is 5.09. The Hall–Kier alpha value is -2.14.